The normalized spacial score (nSPS) is 17.5. The molecule has 1 atom stereocenters. The maximum Gasteiger partial charge on any atom is 0.227 e. The molecule has 0 N–H and O–H groups in total. The molecule has 4 nitrogen and oxygen atoms in total. The number of benzene rings is 1. The number of likely N-dealkylation sites (tertiary alicyclic amines) is 1. The molecule has 1 aliphatic heterocycles. The van der Waals surface area contributed by atoms with Gasteiger partial charge in [0.25, 0.3) is 0 Å². The quantitative estimate of drug-likeness (QED) is 0.706. The Balaban J connectivity index is 1.55. The van der Waals surface area contributed by atoms with Crippen LogP contribution in [0.4, 0.5) is 0 Å². The summed E-state index contributed by atoms with van der Waals surface area (Å²) in [6.07, 6.45) is 4.18. The molecule has 3 aromatic rings. The highest BCUT2D eigenvalue weighted by Gasteiger charge is 2.30. The molecule has 2 aromatic heterocycles. The fourth-order valence-corrected chi connectivity index (χ4v) is 4.18. The standard InChI is InChI=1S/C19H19NO3S/c1-22-15-4-5-16-14(11-23-18(16)10-15)9-19(21)20-7-2-3-17(20)13-6-8-24-12-13/h4-6,8,10-12,17H,2-3,7,9H2,1H3/t17-/m0/s1. The van der Waals surface area contributed by atoms with Crippen LogP contribution in [0, 0.1) is 0 Å². The highest BCUT2D eigenvalue weighted by atomic mass is 32.1. The van der Waals surface area contributed by atoms with E-state index in [2.05, 4.69) is 16.8 Å². The summed E-state index contributed by atoms with van der Waals surface area (Å²) in [7, 11) is 1.63. The summed E-state index contributed by atoms with van der Waals surface area (Å²) in [4.78, 5) is 14.9. The van der Waals surface area contributed by atoms with Crippen molar-refractivity contribution in [3.8, 4) is 5.75 Å². The van der Waals surface area contributed by atoms with E-state index >= 15 is 0 Å². The minimum Gasteiger partial charge on any atom is -0.497 e. The maximum atomic E-state index is 12.8. The molecule has 1 fully saturated rings. The zero-order valence-corrected chi connectivity index (χ0v) is 14.3. The van der Waals surface area contributed by atoms with Crippen LogP contribution in [0.25, 0.3) is 11.0 Å². The average molecular weight is 341 g/mol. The minimum atomic E-state index is 0.169. The smallest absolute Gasteiger partial charge is 0.227 e. The number of rotatable bonds is 4. The van der Waals surface area contributed by atoms with Crippen molar-refractivity contribution in [2.75, 3.05) is 13.7 Å². The first-order valence-electron chi connectivity index (χ1n) is 8.12. The van der Waals surface area contributed by atoms with Gasteiger partial charge in [0.2, 0.25) is 5.91 Å². The van der Waals surface area contributed by atoms with Gasteiger partial charge in [-0.15, -0.1) is 0 Å². The number of furan rings is 1. The Morgan fingerprint density at radius 3 is 3.12 bits per heavy atom. The number of nitrogens with zero attached hydrogens (tertiary/aromatic N) is 1. The fraction of sp³-hybridized carbons (Fsp3) is 0.316. The first-order chi connectivity index (χ1) is 11.8. The van der Waals surface area contributed by atoms with Crippen molar-refractivity contribution in [1.29, 1.82) is 0 Å². The van der Waals surface area contributed by atoms with Crippen LogP contribution < -0.4 is 4.74 Å². The van der Waals surface area contributed by atoms with E-state index in [1.165, 1.54) is 5.56 Å². The van der Waals surface area contributed by atoms with Crippen LogP contribution in [0.2, 0.25) is 0 Å². The van der Waals surface area contributed by atoms with Crippen LogP contribution in [0.5, 0.6) is 5.75 Å². The van der Waals surface area contributed by atoms with E-state index in [4.69, 9.17) is 9.15 Å². The number of hydrogen-bond acceptors (Lipinski definition) is 4. The molecule has 0 radical (unpaired) electrons. The molecule has 1 aliphatic rings. The van der Waals surface area contributed by atoms with Gasteiger partial charge >= 0.3 is 0 Å². The monoisotopic (exact) mass is 341 g/mol. The third kappa shape index (κ3) is 2.69. The Hall–Kier alpha value is -2.27. The summed E-state index contributed by atoms with van der Waals surface area (Å²) >= 11 is 1.69. The predicted octanol–water partition coefficient (Wildman–Crippen LogP) is 4.41. The summed E-state index contributed by atoms with van der Waals surface area (Å²) in [5.41, 5.74) is 2.95. The number of fused-ring (bicyclic) bond motifs is 1. The van der Waals surface area contributed by atoms with E-state index in [0.29, 0.717) is 6.42 Å². The molecule has 3 heterocycles. The Bertz CT molecular complexity index is 853. The topological polar surface area (TPSA) is 42.7 Å². The van der Waals surface area contributed by atoms with Gasteiger partial charge in [0.15, 0.2) is 0 Å². The molecule has 124 valence electrons. The molecule has 1 aromatic carbocycles. The van der Waals surface area contributed by atoms with Gasteiger partial charge in [0.05, 0.1) is 25.8 Å². The highest BCUT2D eigenvalue weighted by molar-refractivity contribution is 7.08. The van der Waals surface area contributed by atoms with Gasteiger partial charge in [-0.3, -0.25) is 4.79 Å². The molecule has 5 heteroatoms. The molecule has 0 bridgehead atoms. The number of carbonyl (C=O) groups excluding carboxylic acids is 1. The lowest BCUT2D eigenvalue weighted by molar-refractivity contribution is -0.131. The highest BCUT2D eigenvalue weighted by Crippen LogP contribution is 2.34. The number of hydrogen-bond donors (Lipinski definition) is 0. The van der Waals surface area contributed by atoms with Crippen LogP contribution in [0.15, 0.2) is 45.7 Å². The zero-order chi connectivity index (χ0) is 16.5. The van der Waals surface area contributed by atoms with Crippen LogP contribution in [-0.2, 0) is 11.2 Å². The van der Waals surface area contributed by atoms with Crippen molar-refractivity contribution in [3.05, 3.63) is 52.4 Å². The molecule has 0 spiro atoms. The van der Waals surface area contributed by atoms with Crippen molar-refractivity contribution >= 4 is 28.2 Å². The Morgan fingerprint density at radius 1 is 1.42 bits per heavy atom. The number of thiophene rings is 1. The van der Waals surface area contributed by atoms with Crippen molar-refractivity contribution < 1.29 is 13.9 Å². The summed E-state index contributed by atoms with van der Waals surface area (Å²) in [6.45, 7) is 0.836. The molecule has 1 saturated heterocycles. The molecular formula is C19H19NO3S. The second kappa shape index (κ2) is 6.32. The van der Waals surface area contributed by atoms with Gasteiger partial charge in [0, 0.05) is 23.6 Å². The van der Waals surface area contributed by atoms with Crippen molar-refractivity contribution in [3.63, 3.8) is 0 Å². The molecule has 0 saturated carbocycles. The third-order valence-corrected chi connectivity index (χ3v) is 5.41. The van der Waals surface area contributed by atoms with E-state index in [-0.39, 0.29) is 11.9 Å². The molecule has 24 heavy (non-hydrogen) atoms. The number of amides is 1. The summed E-state index contributed by atoms with van der Waals surface area (Å²) in [5.74, 6) is 0.925. The minimum absolute atomic E-state index is 0.169. The van der Waals surface area contributed by atoms with E-state index in [9.17, 15) is 4.79 Å². The van der Waals surface area contributed by atoms with Crippen molar-refractivity contribution in [1.82, 2.24) is 4.90 Å². The Kier molecular flexibility index (Phi) is 4.02. The Labute approximate surface area is 144 Å². The summed E-state index contributed by atoms with van der Waals surface area (Å²) in [5, 5.41) is 5.21. The molecule has 0 unspecified atom stereocenters. The van der Waals surface area contributed by atoms with Gasteiger partial charge in [0.1, 0.15) is 11.3 Å². The van der Waals surface area contributed by atoms with E-state index < -0.39 is 0 Å². The third-order valence-electron chi connectivity index (χ3n) is 4.71. The number of methoxy groups -OCH3 is 1. The average Bonchev–Trinajstić information content (AvgIpc) is 3.34. The van der Waals surface area contributed by atoms with E-state index in [0.717, 1.165) is 41.7 Å². The zero-order valence-electron chi connectivity index (χ0n) is 13.5. The molecule has 0 aliphatic carbocycles. The lowest BCUT2D eigenvalue weighted by Crippen LogP contribution is -2.31. The van der Waals surface area contributed by atoms with Gasteiger partial charge in [-0.1, -0.05) is 0 Å². The summed E-state index contributed by atoms with van der Waals surface area (Å²) in [6, 6.07) is 8.06. The largest absolute Gasteiger partial charge is 0.497 e. The lowest BCUT2D eigenvalue weighted by atomic mass is 10.1. The second-order valence-electron chi connectivity index (χ2n) is 6.10. The van der Waals surface area contributed by atoms with Gasteiger partial charge in [-0.05, 0) is 47.4 Å². The molecular weight excluding hydrogens is 322 g/mol. The van der Waals surface area contributed by atoms with Crippen LogP contribution >= 0.6 is 11.3 Å². The van der Waals surface area contributed by atoms with Crippen molar-refractivity contribution in [2.45, 2.75) is 25.3 Å². The number of carbonyl (C=O) groups is 1. The molecule has 1 amide bonds. The van der Waals surface area contributed by atoms with E-state index in [1.54, 1.807) is 24.7 Å². The van der Waals surface area contributed by atoms with E-state index in [1.807, 2.05) is 23.1 Å². The molecule has 4 rings (SSSR count). The van der Waals surface area contributed by atoms with Gasteiger partial charge in [-0.2, -0.15) is 11.3 Å². The SMILES string of the molecule is COc1ccc2c(CC(=O)N3CCC[C@H]3c3ccsc3)coc2c1. The summed E-state index contributed by atoms with van der Waals surface area (Å²) < 4.78 is 10.8. The van der Waals surface area contributed by atoms with Gasteiger partial charge < -0.3 is 14.1 Å². The maximum absolute atomic E-state index is 12.8. The number of ether oxygens (including phenoxy) is 1. The van der Waals surface area contributed by atoms with Crippen LogP contribution in [0.1, 0.15) is 30.0 Å². The van der Waals surface area contributed by atoms with Gasteiger partial charge in [-0.25, -0.2) is 0 Å². The second-order valence-corrected chi connectivity index (χ2v) is 6.88. The first-order valence-corrected chi connectivity index (χ1v) is 9.06. The fourth-order valence-electron chi connectivity index (χ4n) is 3.47. The van der Waals surface area contributed by atoms with Crippen molar-refractivity contribution in [2.24, 2.45) is 0 Å². The predicted molar refractivity (Wildman–Crippen MR) is 94.5 cm³/mol. The Morgan fingerprint density at radius 2 is 2.33 bits per heavy atom. The first kappa shape index (κ1) is 15.3. The lowest BCUT2D eigenvalue weighted by Gasteiger charge is -2.24. The van der Waals surface area contributed by atoms with Crippen LogP contribution in [-0.4, -0.2) is 24.5 Å². The van der Waals surface area contributed by atoms with Crippen LogP contribution in [0.3, 0.4) is 0 Å².